The number of hydrogen-bond donors (Lipinski definition) is 3. The van der Waals surface area contributed by atoms with Gasteiger partial charge in [0, 0.05) is 24.9 Å². The number of nitrogens with one attached hydrogen (secondary N) is 3. The minimum Gasteiger partial charge on any atom is -0.493 e. The van der Waals surface area contributed by atoms with E-state index in [0.29, 0.717) is 63.2 Å². The molecule has 2 aromatic heterocycles. The number of fused-ring (bicyclic) bond motifs is 1. The van der Waals surface area contributed by atoms with E-state index in [1.165, 1.54) is 6.20 Å². The Balaban J connectivity index is 1.86. The first-order valence-electron chi connectivity index (χ1n) is 13.7. The third-order valence-electron chi connectivity index (χ3n) is 5.95. The first kappa shape index (κ1) is 30.9. The fraction of sp³-hybridized carbons (Fsp3) is 0.387. The van der Waals surface area contributed by atoms with Crippen LogP contribution in [-0.2, 0) is 15.9 Å². The van der Waals surface area contributed by atoms with Gasteiger partial charge in [-0.2, -0.15) is 0 Å². The van der Waals surface area contributed by atoms with Crippen LogP contribution in [0.1, 0.15) is 70.1 Å². The molecule has 1 aliphatic heterocycles. The van der Waals surface area contributed by atoms with Crippen molar-refractivity contribution in [3.05, 3.63) is 47.3 Å². The van der Waals surface area contributed by atoms with Gasteiger partial charge >= 0.3 is 12.2 Å². The van der Waals surface area contributed by atoms with E-state index in [-0.39, 0.29) is 11.9 Å². The van der Waals surface area contributed by atoms with Gasteiger partial charge in [0.15, 0.2) is 5.75 Å². The molecule has 0 spiro atoms. The van der Waals surface area contributed by atoms with Crippen LogP contribution in [0.15, 0.2) is 30.5 Å². The Bertz CT molecular complexity index is 1590. The number of anilines is 3. The fourth-order valence-corrected chi connectivity index (χ4v) is 4.37. The lowest BCUT2D eigenvalue weighted by atomic mass is 10.1. The van der Waals surface area contributed by atoms with Gasteiger partial charge in [-0.25, -0.2) is 19.6 Å². The number of carbonyl (C=O) groups is 3. The molecular weight excluding hydrogens is 552 g/mol. The maximum atomic E-state index is 13.2. The molecule has 0 saturated carbocycles. The number of rotatable bonds is 5. The molecule has 1 aliphatic rings. The van der Waals surface area contributed by atoms with Gasteiger partial charge < -0.3 is 29.8 Å². The Hall–Kier alpha value is -5.05. The molecule has 0 radical (unpaired) electrons. The minimum atomic E-state index is -0.999. The summed E-state index contributed by atoms with van der Waals surface area (Å²) in [5.41, 5.74) is 1.69. The summed E-state index contributed by atoms with van der Waals surface area (Å²) in [6.07, 6.45) is -0.0445. The molecule has 43 heavy (non-hydrogen) atoms. The lowest BCUT2D eigenvalue weighted by molar-refractivity contribution is 0.0427. The number of H-pyrrole nitrogens is 1. The summed E-state index contributed by atoms with van der Waals surface area (Å²) in [5.74, 6) is 5.86. The second-order valence-corrected chi connectivity index (χ2v) is 11.7. The number of hydrogen-bond acceptors (Lipinski definition) is 9. The first-order chi connectivity index (χ1) is 20.2. The fourth-order valence-electron chi connectivity index (χ4n) is 4.37. The number of aromatic nitrogens is 3. The topological polar surface area (TPSA) is 148 Å². The molecule has 4 rings (SSSR count). The van der Waals surface area contributed by atoms with Crippen LogP contribution >= 0.6 is 0 Å². The van der Waals surface area contributed by atoms with E-state index < -0.39 is 23.4 Å². The molecule has 1 aromatic carbocycles. The van der Waals surface area contributed by atoms with Gasteiger partial charge in [0.25, 0.3) is 5.91 Å². The molecular formula is C31H36N6O6. The molecule has 0 aliphatic carbocycles. The normalized spacial score (nSPS) is 12.7. The van der Waals surface area contributed by atoms with Crippen LogP contribution in [0.25, 0.3) is 11.4 Å². The SMILES string of the molecule is CC#Cc1cccc(Nc2c(-c3ccnc(N(C(=O)OC(C)(C)C)C(=O)OC(C)(C)C)n3)[nH]c3c2C(=O)NCC3)c1OC. The Morgan fingerprint density at radius 2 is 1.72 bits per heavy atom. The second-order valence-electron chi connectivity index (χ2n) is 11.7. The predicted molar refractivity (Wildman–Crippen MR) is 162 cm³/mol. The van der Waals surface area contributed by atoms with Crippen molar-refractivity contribution in [3.63, 3.8) is 0 Å². The molecule has 3 amide bonds. The van der Waals surface area contributed by atoms with Crippen LogP contribution in [-0.4, -0.2) is 57.9 Å². The highest BCUT2D eigenvalue weighted by Gasteiger charge is 2.35. The van der Waals surface area contributed by atoms with Crippen molar-refractivity contribution in [1.29, 1.82) is 0 Å². The molecule has 0 saturated heterocycles. The van der Waals surface area contributed by atoms with Gasteiger partial charge in [-0.05, 0) is 66.7 Å². The smallest absolute Gasteiger partial charge is 0.427 e. The van der Waals surface area contributed by atoms with E-state index in [2.05, 4.69) is 37.4 Å². The summed E-state index contributed by atoms with van der Waals surface area (Å²) in [5, 5.41) is 6.22. The summed E-state index contributed by atoms with van der Waals surface area (Å²) in [6.45, 7) is 12.3. The van der Waals surface area contributed by atoms with Crippen molar-refractivity contribution in [2.24, 2.45) is 0 Å². The van der Waals surface area contributed by atoms with Crippen molar-refractivity contribution >= 4 is 35.4 Å². The number of imide groups is 1. The summed E-state index contributed by atoms with van der Waals surface area (Å²) in [7, 11) is 1.54. The Labute approximate surface area is 250 Å². The van der Waals surface area contributed by atoms with E-state index in [1.807, 2.05) is 18.2 Å². The van der Waals surface area contributed by atoms with Gasteiger partial charge in [0.1, 0.15) is 11.2 Å². The maximum absolute atomic E-state index is 13.2. The molecule has 0 atom stereocenters. The Morgan fingerprint density at radius 3 is 2.33 bits per heavy atom. The Morgan fingerprint density at radius 1 is 1.05 bits per heavy atom. The highest BCUT2D eigenvalue weighted by molar-refractivity contribution is 6.09. The zero-order valence-electron chi connectivity index (χ0n) is 25.6. The number of carbonyl (C=O) groups excluding carboxylic acids is 3. The van der Waals surface area contributed by atoms with Gasteiger partial charge in [-0.3, -0.25) is 4.79 Å². The van der Waals surface area contributed by atoms with E-state index in [0.717, 1.165) is 0 Å². The lowest BCUT2D eigenvalue weighted by Crippen LogP contribution is -2.44. The maximum Gasteiger partial charge on any atom is 0.427 e. The number of amides is 3. The van der Waals surface area contributed by atoms with Crippen molar-refractivity contribution in [3.8, 4) is 29.0 Å². The molecule has 0 bridgehead atoms. The Kier molecular flexibility index (Phi) is 8.66. The predicted octanol–water partition coefficient (Wildman–Crippen LogP) is 5.56. The highest BCUT2D eigenvalue weighted by atomic mass is 16.6. The zero-order valence-corrected chi connectivity index (χ0v) is 25.6. The van der Waals surface area contributed by atoms with E-state index in [9.17, 15) is 14.4 Å². The van der Waals surface area contributed by atoms with Crippen LogP contribution in [0.2, 0.25) is 0 Å². The van der Waals surface area contributed by atoms with Gasteiger partial charge in [-0.1, -0.05) is 12.0 Å². The highest BCUT2D eigenvalue weighted by Crippen LogP contribution is 2.39. The van der Waals surface area contributed by atoms with Crippen molar-refractivity contribution < 1.29 is 28.6 Å². The molecule has 226 valence electrons. The monoisotopic (exact) mass is 588 g/mol. The summed E-state index contributed by atoms with van der Waals surface area (Å²) in [4.78, 5) is 52.3. The van der Waals surface area contributed by atoms with E-state index in [4.69, 9.17) is 14.2 Å². The number of benzene rings is 1. The number of methoxy groups -OCH3 is 1. The number of nitrogens with zero attached hydrogens (tertiary/aromatic N) is 3. The summed E-state index contributed by atoms with van der Waals surface area (Å²) < 4.78 is 16.6. The van der Waals surface area contributed by atoms with Crippen molar-refractivity contribution in [1.82, 2.24) is 20.3 Å². The number of para-hydroxylation sites is 1. The largest absolute Gasteiger partial charge is 0.493 e. The molecule has 12 nitrogen and oxygen atoms in total. The van der Waals surface area contributed by atoms with Gasteiger partial charge in [0.2, 0.25) is 5.95 Å². The third-order valence-corrected chi connectivity index (χ3v) is 5.95. The molecule has 12 heteroatoms. The minimum absolute atomic E-state index is 0.262. The average molecular weight is 589 g/mol. The van der Waals surface area contributed by atoms with E-state index >= 15 is 0 Å². The third kappa shape index (κ3) is 7.06. The number of aromatic amines is 1. The molecule has 3 aromatic rings. The number of ether oxygens (including phenoxy) is 3. The van der Waals surface area contributed by atoms with Crippen molar-refractivity contribution in [2.45, 2.75) is 66.1 Å². The van der Waals surface area contributed by atoms with Crippen LogP contribution in [0.3, 0.4) is 0 Å². The van der Waals surface area contributed by atoms with Crippen LogP contribution in [0, 0.1) is 11.8 Å². The molecule has 3 N–H and O–H groups in total. The van der Waals surface area contributed by atoms with Crippen LogP contribution in [0.5, 0.6) is 5.75 Å². The van der Waals surface area contributed by atoms with Gasteiger partial charge in [-0.15, -0.1) is 10.8 Å². The molecule has 0 unspecified atom stereocenters. The zero-order chi connectivity index (χ0) is 31.5. The van der Waals surface area contributed by atoms with Gasteiger partial charge in [0.05, 0.1) is 41.0 Å². The van der Waals surface area contributed by atoms with Crippen LogP contribution < -0.4 is 20.3 Å². The molecule has 3 heterocycles. The lowest BCUT2D eigenvalue weighted by Gasteiger charge is -2.27. The second kappa shape index (κ2) is 12.1. The summed E-state index contributed by atoms with van der Waals surface area (Å²) in [6, 6.07) is 7.06. The quantitative estimate of drug-likeness (QED) is 0.326. The standard InChI is InChI=1S/C31H36N6O6/c1-9-11-18-12-10-13-21(25(18)41-8)35-24-22-19(14-16-32-26(22)38)34-23(24)20-15-17-33-27(36-20)37(28(39)42-30(2,3)4)29(40)43-31(5,6)7/h10,12-13,15,17,34-35H,14,16H2,1-8H3,(H,32,38). The molecule has 0 fully saturated rings. The first-order valence-corrected chi connectivity index (χ1v) is 13.7. The average Bonchev–Trinajstić information content (AvgIpc) is 3.27. The van der Waals surface area contributed by atoms with Crippen LogP contribution in [0.4, 0.5) is 26.9 Å². The van der Waals surface area contributed by atoms with E-state index in [1.54, 1.807) is 61.6 Å². The summed E-state index contributed by atoms with van der Waals surface area (Å²) >= 11 is 0. The van der Waals surface area contributed by atoms with Crippen molar-refractivity contribution in [2.75, 3.05) is 23.9 Å².